The number of hydrogen-bond donors (Lipinski definition) is 1. The van der Waals surface area contributed by atoms with Crippen LogP contribution in [0.3, 0.4) is 0 Å². The molecule has 2 aromatic carbocycles. The van der Waals surface area contributed by atoms with E-state index in [-0.39, 0.29) is 12.2 Å². The Kier molecular flexibility index (Phi) is 6.98. The largest absolute Gasteiger partial charge is 0.491 e. The van der Waals surface area contributed by atoms with Crippen LogP contribution >= 0.6 is 0 Å². The number of aryl methyl sites for hydroxylation is 1. The highest BCUT2D eigenvalue weighted by molar-refractivity contribution is 5.46. The summed E-state index contributed by atoms with van der Waals surface area (Å²) < 4.78 is 11.9. The fourth-order valence-electron chi connectivity index (χ4n) is 2.34. The Hall–Kier alpha value is -2.16. The molecule has 3 nitrogen and oxygen atoms in total. The molecule has 0 heterocycles. The summed E-state index contributed by atoms with van der Waals surface area (Å²) >= 11 is 0. The Balaban J connectivity index is 1.87. The number of rotatable bonds is 9. The summed E-state index contributed by atoms with van der Waals surface area (Å²) in [5, 5.41) is 3.45. The third-order valence-corrected chi connectivity index (χ3v) is 4.14. The van der Waals surface area contributed by atoms with E-state index in [1.165, 1.54) is 5.56 Å². The molecular weight excluding hydrogens is 298 g/mol. The van der Waals surface area contributed by atoms with Gasteiger partial charge in [0, 0.05) is 5.69 Å². The van der Waals surface area contributed by atoms with E-state index in [0.717, 1.165) is 36.6 Å². The minimum atomic E-state index is 0.141. The van der Waals surface area contributed by atoms with Crippen LogP contribution in [0.2, 0.25) is 0 Å². The zero-order chi connectivity index (χ0) is 17.4. The van der Waals surface area contributed by atoms with E-state index in [1.54, 1.807) is 0 Å². The van der Waals surface area contributed by atoms with E-state index in [4.69, 9.17) is 9.47 Å². The van der Waals surface area contributed by atoms with Gasteiger partial charge in [-0.2, -0.15) is 0 Å². The van der Waals surface area contributed by atoms with Gasteiger partial charge in [0.2, 0.25) is 0 Å². The van der Waals surface area contributed by atoms with Crippen molar-refractivity contribution in [2.75, 3.05) is 11.9 Å². The molecule has 2 unspecified atom stereocenters. The summed E-state index contributed by atoms with van der Waals surface area (Å²) in [5.74, 6) is 1.88. The van der Waals surface area contributed by atoms with Gasteiger partial charge in [-0.25, -0.2) is 0 Å². The summed E-state index contributed by atoms with van der Waals surface area (Å²) in [5.41, 5.74) is 2.25. The molecule has 2 aromatic rings. The summed E-state index contributed by atoms with van der Waals surface area (Å²) in [7, 11) is 0. The normalized spacial score (nSPS) is 13.2. The minimum absolute atomic E-state index is 0.141. The highest BCUT2D eigenvalue weighted by atomic mass is 16.5. The van der Waals surface area contributed by atoms with Crippen LogP contribution in [0, 0.1) is 6.92 Å². The van der Waals surface area contributed by atoms with Crippen LogP contribution in [0.15, 0.2) is 48.5 Å². The fraction of sp³-hybridized carbons (Fsp3) is 0.429. The highest BCUT2D eigenvalue weighted by Crippen LogP contribution is 2.20. The van der Waals surface area contributed by atoms with Gasteiger partial charge in [-0.05, 0) is 62.6 Å². The Morgan fingerprint density at radius 1 is 0.917 bits per heavy atom. The molecule has 0 aromatic heterocycles. The molecule has 24 heavy (non-hydrogen) atoms. The van der Waals surface area contributed by atoms with Crippen molar-refractivity contribution in [3.8, 4) is 11.5 Å². The van der Waals surface area contributed by atoms with Crippen LogP contribution in [0.5, 0.6) is 11.5 Å². The lowest BCUT2D eigenvalue weighted by atomic mass is 10.2. The van der Waals surface area contributed by atoms with E-state index in [1.807, 2.05) is 30.3 Å². The molecular formula is C21H29NO2. The van der Waals surface area contributed by atoms with E-state index in [9.17, 15) is 0 Å². The van der Waals surface area contributed by atoms with Crippen LogP contribution in [-0.2, 0) is 0 Å². The van der Waals surface area contributed by atoms with Crippen molar-refractivity contribution in [1.29, 1.82) is 0 Å². The molecule has 0 aliphatic carbocycles. The van der Waals surface area contributed by atoms with Gasteiger partial charge in [0.1, 0.15) is 17.6 Å². The first-order valence-electron chi connectivity index (χ1n) is 8.85. The first-order valence-corrected chi connectivity index (χ1v) is 8.85. The molecule has 0 saturated carbocycles. The number of anilines is 1. The zero-order valence-corrected chi connectivity index (χ0v) is 15.2. The van der Waals surface area contributed by atoms with Crippen molar-refractivity contribution in [3.63, 3.8) is 0 Å². The third-order valence-electron chi connectivity index (χ3n) is 4.14. The Labute approximate surface area is 146 Å². The van der Waals surface area contributed by atoms with Crippen molar-refractivity contribution < 1.29 is 9.47 Å². The number of hydrogen-bond acceptors (Lipinski definition) is 3. The highest BCUT2D eigenvalue weighted by Gasteiger charge is 2.09. The molecule has 0 fully saturated rings. The zero-order valence-electron chi connectivity index (χ0n) is 15.2. The minimum Gasteiger partial charge on any atom is -0.491 e. The topological polar surface area (TPSA) is 30.5 Å². The molecule has 3 heteroatoms. The smallest absolute Gasteiger partial charge is 0.122 e. The van der Waals surface area contributed by atoms with E-state index < -0.39 is 0 Å². The quantitative estimate of drug-likeness (QED) is 0.665. The van der Waals surface area contributed by atoms with Crippen LogP contribution in [-0.4, -0.2) is 18.8 Å². The van der Waals surface area contributed by atoms with Gasteiger partial charge >= 0.3 is 0 Å². The van der Waals surface area contributed by atoms with E-state index >= 15 is 0 Å². The first-order chi connectivity index (χ1) is 11.6. The van der Waals surface area contributed by atoms with Gasteiger partial charge in [0.25, 0.3) is 0 Å². The van der Waals surface area contributed by atoms with Gasteiger partial charge in [-0.1, -0.05) is 32.0 Å². The van der Waals surface area contributed by atoms with Crippen molar-refractivity contribution in [3.05, 3.63) is 54.1 Å². The second-order valence-corrected chi connectivity index (χ2v) is 6.16. The van der Waals surface area contributed by atoms with Gasteiger partial charge in [0.15, 0.2) is 0 Å². The molecule has 130 valence electrons. The third kappa shape index (κ3) is 5.48. The predicted molar refractivity (Wildman–Crippen MR) is 101 cm³/mol. The number of ether oxygens (including phenoxy) is 2. The van der Waals surface area contributed by atoms with Crippen LogP contribution in [0.4, 0.5) is 5.69 Å². The lowest BCUT2D eigenvalue weighted by Gasteiger charge is -2.20. The molecule has 2 atom stereocenters. The molecule has 0 amide bonds. The summed E-state index contributed by atoms with van der Waals surface area (Å²) in [6.45, 7) is 9.20. The molecule has 0 aliphatic heterocycles. The predicted octanol–water partition coefficient (Wildman–Crippen LogP) is 5.44. The van der Waals surface area contributed by atoms with Crippen LogP contribution in [0.25, 0.3) is 0 Å². The van der Waals surface area contributed by atoms with Gasteiger partial charge < -0.3 is 14.8 Å². The summed E-state index contributed by atoms with van der Waals surface area (Å²) in [6, 6.07) is 16.3. The van der Waals surface area contributed by atoms with Gasteiger partial charge in [-0.3, -0.25) is 0 Å². The van der Waals surface area contributed by atoms with E-state index in [0.29, 0.717) is 0 Å². The molecule has 1 N–H and O–H groups in total. The second kappa shape index (κ2) is 9.21. The molecule has 0 spiro atoms. The maximum atomic E-state index is 6.12. The van der Waals surface area contributed by atoms with Gasteiger partial charge in [-0.15, -0.1) is 0 Å². The second-order valence-electron chi connectivity index (χ2n) is 6.16. The van der Waals surface area contributed by atoms with Crippen molar-refractivity contribution >= 4 is 5.69 Å². The molecule has 0 radical (unpaired) electrons. The number of benzene rings is 2. The maximum absolute atomic E-state index is 6.12. The summed E-state index contributed by atoms with van der Waals surface area (Å²) in [6.07, 6.45) is 2.35. The first kappa shape index (κ1) is 18.2. The monoisotopic (exact) mass is 327 g/mol. The lowest BCUT2D eigenvalue weighted by Crippen LogP contribution is -2.25. The Morgan fingerprint density at radius 3 is 2.25 bits per heavy atom. The van der Waals surface area contributed by atoms with Crippen molar-refractivity contribution in [2.24, 2.45) is 0 Å². The standard InChI is InChI=1S/C21H29NO2/c1-5-17(4)23-20-13-11-18(12-14-20)22-15-19(6-2)24-21-10-8-7-9-16(21)3/h7-14,17,19,22H,5-6,15H2,1-4H3. The van der Waals surface area contributed by atoms with Gasteiger partial charge in [0.05, 0.1) is 12.6 Å². The lowest BCUT2D eigenvalue weighted by molar-refractivity contribution is 0.208. The maximum Gasteiger partial charge on any atom is 0.122 e. The SMILES string of the molecule is CCC(C)Oc1ccc(NCC(CC)Oc2ccccc2C)cc1. The van der Waals surface area contributed by atoms with Crippen molar-refractivity contribution in [1.82, 2.24) is 0 Å². The molecule has 0 saturated heterocycles. The molecule has 2 rings (SSSR count). The summed E-state index contributed by atoms with van der Waals surface area (Å²) in [4.78, 5) is 0. The average molecular weight is 327 g/mol. The van der Waals surface area contributed by atoms with Crippen molar-refractivity contribution in [2.45, 2.75) is 52.7 Å². The van der Waals surface area contributed by atoms with Crippen LogP contribution in [0.1, 0.15) is 39.2 Å². The van der Waals surface area contributed by atoms with Crippen LogP contribution < -0.4 is 14.8 Å². The fourth-order valence-corrected chi connectivity index (χ4v) is 2.34. The molecule has 0 bridgehead atoms. The molecule has 0 aliphatic rings. The number of para-hydroxylation sites is 1. The Morgan fingerprint density at radius 2 is 1.62 bits per heavy atom. The Bertz CT molecular complexity index is 609. The van der Waals surface area contributed by atoms with E-state index in [2.05, 4.69) is 51.2 Å². The average Bonchev–Trinajstić information content (AvgIpc) is 2.61. The number of nitrogens with one attached hydrogen (secondary N) is 1.